The van der Waals surface area contributed by atoms with Crippen LogP contribution in [-0.2, 0) is 19.8 Å². The van der Waals surface area contributed by atoms with E-state index in [2.05, 4.69) is 0 Å². The minimum absolute atomic E-state index is 0.238. The lowest BCUT2D eigenvalue weighted by Crippen LogP contribution is -2.59. The number of benzene rings is 3. The third kappa shape index (κ3) is 6.87. The molecule has 15 heteroatoms. The van der Waals surface area contributed by atoms with E-state index in [0.717, 1.165) is 0 Å². The predicted octanol–water partition coefficient (Wildman–Crippen LogP) is 4.98. The van der Waals surface area contributed by atoms with Crippen molar-refractivity contribution in [1.82, 2.24) is 14.2 Å². The summed E-state index contributed by atoms with van der Waals surface area (Å²) in [4.78, 5) is 55.5. The van der Waals surface area contributed by atoms with Gasteiger partial charge in [-0.3, -0.25) is 0 Å². The van der Waals surface area contributed by atoms with E-state index in [4.69, 9.17) is 84.1 Å². The van der Waals surface area contributed by atoms with Gasteiger partial charge in [-0.1, -0.05) is 102 Å². The van der Waals surface area contributed by atoms with Crippen molar-refractivity contribution < 1.29 is 14.5 Å². The molecule has 39 heavy (non-hydrogen) atoms. The fourth-order valence-electron chi connectivity index (χ4n) is 3.13. The van der Waals surface area contributed by atoms with Crippen LogP contribution in [0.25, 0.3) is 0 Å². The first-order valence-corrected chi connectivity index (χ1v) is 13.0. The quantitative estimate of drug-likeness (QED) is 0.253. The highest BCUT2D eigenvalue weighted by atomic mass is 35.5. The number of hydrogen-bond donors (Lipinski definition) is 0. The van der Waals surface area contributed by atoms with Gasteiger partial charge in [0.05, 0.1) is 30.1 Å². The second-order valence-electron chi connectivity index (χ2n) is 7.80. The van der Waals surface area contributed by atoms with E-state index in [9.17, 15) is 14.4 Å². The van der Waals surface area contributed by atoms with Crippen LogP contribution in [0.3, 0.4) is 0 Å². The van der Waals surface area contributed by atoms with Crippen molar-refractivity contribution in [1.29, 1.82) is 0 Å². The molecule has 0 amide bonds. The topological polar surface area (TPSA) is 93.7 Å². The Bertz CT molecular complexity index is 1490. The van der Waals surface area contributed by atoms with Crippen molar-refractivity contribution in [3.05, 3.63) is 133 Å². The van der Waals surface area contributed by atoms with E-state index in [0.29, 0.717) is 45.9 Å². The molecule has 0 N–H and O–H groups in total. The van der Waals surface area contributed by atoms with E-state index < -0.39 is 17.1 Å². The Balaban J connectivity index is 1.69. The highest BCUT2D eigenvalue weighted by molar-refractivity contribution is 6.42. The molecule has 1 heterocycles. The van der Waals surface area contributed by atoms with Gasteiger partial charge in [-0.25, -0.2) is 14.4 Å². The van der Waals surface area contributed by atoms with Gasteiger partial charge in [0.25, 0.3) is 0 Å². The summed E-state index contributed by atoms with van der Waals surface area (Å²) >= 11 is 35.9. The minimum atomic E-state index is -1.22. The highest BCUT2D eigenvalue weighted by Crippen LogP contribution is 2.24. The van der Waals surface area contributed by atoms with E-state index in [-0.39, 0.29) is 34.9 Å². The summed E-state index contributed by atoms with van der Waals surface area (Å²) in [5.41, 5.74) is -2.23. The Morgan fingerprint density at radius 1 is 0.436 bits per heavy atom. The zero-order valence-corrected chi connectivity index (χ0v) is 23.9. The Hall–Kier alpha value is -2.79. The second kappa shape index (κ2) is 12.6. The lowest BCUT2D eigenvalue weighted by Gasteiger charge is -2.15. The normalized spacial score (nSPS) is 10.9. The fraction of sp³-hybridized carbons (Fsp3) is 0.125. The van der Waals surface area contributed by atoms with Crippen LogP contribution in [0.5, 0.6) is 0 Å². The van der Waals surface area contributed by atoms with Crippen LogP contribution >= 0.6 is 69.6 Å². The molecule has 0 unspecified atom stereocenters. The zero-order chi connectivity index (χ0) is 28.3. The molecule has 3 aromatic carbocycles. The lowest BCUT2D eigenvalue weighted by atomic mass is 10.2. The van der Waals surface area contributed by atoms with E-state index in [1.807, 2.05) is 0 Å². The van der Waals surface area contributed by atoms with Gasteiger partial charge in [0.15, 0.2) is 0 Å². The van der Waals surface area contributed by atoms with Gasteiger partial charge in [0, 0.05) is 0 Å². The van der Waals surface area contributed by atoms with Gasteiger partial charge in [0.2, 0.25) is 0 Å². The van der Waals surface area contributed by atoms with Crippen molar-refractivity contribution in [3.8, 4) is 0 Å². The molecule has 0 spiro atoms. The van der Waals surface area contributed by atoms with Crippen molar-refractivity contribution in [3.63, 3.8) is 0 Å². The molecule has 0 atom stereocenters. The molecule has 9 nitrogen and oxygen atoms in total. The molecule has 0 radical (unpaired) electrons. The Morgan fingerprint density at radius 3 is 0.923 bits per heavy atom. The lowest BCUT2D eigenvalue weighted by molar-refractivity contribution is -0.0221. The van der Waals surface area contributed by atoms with E-state index in [1.165, 1.54) is 36.4 Å². The first-order chi connectivity index (χ1) is 18.5. The van der Waals surface area contributed by atoms with Crippen LogP contribution in [0, 0.1) is 0 Å². The molecule has 0 fully saturated rings. The van der Waals surface area contributed by atoms with E-state index >= 15 is 0 Å². The maximum Gasteiger partial charge on any atom is 0.403 e. The second-order valence-corrected chi connectivity index (χ2v) is 10.2. The number of rotatable bonds is 9. The number of aromatic nitrogens is 3. The number of hydrogen-bond acceptors (Lipinski definition) is 6. The van der Waals surface area contributed by atoms with Crippen LogP contribution in [0.2, 0.25) is 30.1 Å². The summed E-state index contributed by atoms with van der Waals surface area (Å²) in [6.45, 7) is -0.864. The molecule has 4 rings (SSSR count). The molecule has 0 saturated carbocycles. The number of halogens is 6. The third-order valence-corrected chi connectivity index (χ3v) is 7.29. The summed E-state index contributed by atoms with van der Waals surface area (Å²) in [5, 5.41) is 1.63. The average Bonchev–Trinajstić information content (AvgIpc) is 2.90. The Morgan fingerprint density at radius 2 is 0.692 bits per heavy atom. The van der Waals surface area contributed by atoms with Gasteiger partial charge in [0.1, 0.15) is 19.8 Å². The Labute approximate surface area is 249 Å². The summed E-state index contributed by atoms with van der Waals surface area (Å²) in [6, 6.07) is 13.8. The van der Waals surface area contributed by atoms with Gasteiger partial charge in [-0.15, -0.1) is 0 Å². The first kappa shape index (κ1) is 29.2. The summed E-state index contributed by atoms with van der Waals surface area (Å²) in [6.07, 6.45) is 0. The number of nitrogens with zero attached hydrogens (tertiary/aromatic N) is 3. The van der Waals surface area contributed by atoms with Crippen molar-refractivity contribution in [2.24, 2.45) is 0 Å². The maximum absolute atomic E-state index is 13.1. The van der Waals surface area contributed by atoms with Crippen molar-refractivity contribution in [2.75, 3.05) is 0 Å². The maximum atomic E-state index is 13.1. The van der Waals surface area contributed by atoms with Crippen molar-refractivity contribution in [2.45, 2.75) is 19.8 Å². The zero-order valence-electron chi connectivity index (χ0n) is 19.4. The fourth-order valence-corrected chi connectivity index (χ4v) is 4.09. The highest BCUT2D eigenvalue weighted by Gasteiger charge is 2.20. The minimum Gasteiger partial charge on any atom is -0.400 e. The third-order valence-electron chi connectivity index (χ3n) is 5.08. The van der Waals surface area contributed by atoms with E-state index in [1.54, 1.807) is 18.2 Å². The van der Waals surface area contributed by atoms with Crippen LogP contribution in [0.4, 0.5) is 0 Å². The van der Waals surface area contributed by atoms with Crippen LogP contribution < -0.4 is 31.6 Å². The standard InChI is InChI=1S/C24H15Cl6N3O6/c25-16-4-1-13(7-19(16)28)10-37-31-22(34)32(38-11-14-2-5-17(26)20(29)8-14)24(36)33(23(31)35)39-12-15-3-6-18(27)21(30)9-15/h1-9H,10-12H2. The average molecular weight is 654 g/mol. The van der Waals surface area contributed by atoms with Crippen molar-refractivity contribution >= 4 is 69.6 Å². The predicted molar refractivity (Wildman–Crippen MR) is 149 cm³/mol. The molecule has 0 saturated heterocycles. The largest absolute Gasteiger partial charge is 0.403 e. The van der Waals surface area contributed by atoms with Gasteiger partial charge >= 0.3 is 17.1 Å². The van der Waals surface area contributed by atoms with Gasteiger partial charge in [-0.05, 0) is 53.1 Å². The Kier molecular flexibility index (Phi) is 9.43. The molecule has 1 aromatic heterocycles. The molecular weight excluding hydrogens is 639 g/mol. The molecule has 0 aliphatic heterocycles. The molecular formula is C24H15Cl6N3O6. The molecule has 0 bridgehead atoms. The van der Waals surface area contributed by atoms with Gasteiger partial charge < -0.3 is 14.5 Å². The first-order valence-electron chi connectivity index (χ1n) is 10.8. The molecule has 4 aromatic rings. The molecule has 0 aliphatic rings. The monoisotopic (exact) mass is 651 g/mol. The smallest absolute Gasteiger partial charge is 0.400 e. The summed E-state index contributed by atoms with van der Waals surface area (Å²) in [5.74, 6) is 0. The molecule has 0 aliphatic carbocycles. The van der Waals surface area contributed by atoms with Crippen LogP contribution in [0.15, 0.2) is 69.0 Å². The van der Waals surface area contributed by atoms with Crippen LogP contribution in [0.1, 0.15) is 16.7 Å². The van der Waals surface area contributed by atoms with Gasteiger partial charge in [-0.2, -0.15) is 0 Å². The summed E-state index contributed by atoms with van der Waals surface area (Å²) < 4.78 is 0.939. The molecule has 204 valence electrons. The SMILES string of the molecule is O=c1n(OCc2ccc(Cl)c(Cl)c2)c(=O)n(OCc2ccc(Cl)c(Cl)c2)c(=O)n1OCc1ccc(Cl)c(Cl)c1. The van der Waals surface area contributed by atoms with Crippen LogP contribution in [-0.4, -0.2) is 14.2 Å². The summed E-state index contributed by atoms with van der Waals surface area (Å²) in [7, 11) is 0.